The molecular weight excluding hydrogens is 306 g/mol. The molecule has 0 saturated carbocycles. The summed E-state index contributed by atoms with van der Waals surface area (Å²) < 4.78 is 7.29. The molecule has 24 heavy (non-hydrogen) atoms. The van der Waals surface area contributed by atoms with E-state index in [-0.39, 0.29) is 0 Å². The Labute approximate surface area is 142 Å². The standard InChI is InChI=1S/C16H25N7O/c1-21(15-16(24-3)18-7-6-17-15)10-13-4-8-23(9-5-13)11-14-20-19-12-22(14)2/h6-7,12-13H,4-5,8-11H2,1-3H3. The van der Waals surface area contributed by atoms with Gasteiger partial charge in [-0.05, 0) is 31.8 Å². The Morgan fingerprint density at radius 2 is 2.00 bits per heavy atom. The number of piperidine rings is 1. The molecule has 0 spiro atoms. The van der Waals surface area contributed by atoms with Gasteiger partial charge in [-0.3, -0.25) is 4.90 Å². The third kappa shape index (κ3) is 3.81. The van der Waals surface area contributed by atoms with E-state index in [1.807, 2.05) is 11.6 Å². The number of anilines is 1. The molecule has 0 amide bonds. The summed E-state index contributed by atoms with van der Waals surface area (Å²) in [5.41, 5.74) is 0. The zero-order chi connectivity index (χ0) is 16.9. The van der Waals surface area contributed by atoms with Crippen LogP contribution in [-0.2, 0) is 13.6 Å². The van der Waals surface area contributed by atoms with Crippen molar-refractivity contribution in [1.29, 1.82) is 0 Å². The number of nitrogens with zero attached hydrogens (tertiary/aromatic N) is 7. The van der Waals surface area contributed by atoms with E-state index >= 15 is 0 Å². The maximum atomic E-state index is 5.30. The first kappa shape index (κ1) is 16.6. The van der Waals surface area contributed by atoms with Gasteiger partial charge in [0.25, 0.3) is 5.88 Å². The average molecular weight is 331 g/mol. The lowest BCUT2D eigenvalue weighted by Crippen LogP contribution is -2.38. The molecule has 130 valence electrons. The van der Waals surface area contributed by atoms with E-state index in [1.54, 1.807) is 25.8 Å². The van der Waals surface area contributed by atoms with Gasteiger partial charge in [-0.1, -0.05) is 0 Å². The van der Waals surface area contributed by atoms with Gasteiger partial charge in [-0.25, -0.2) is 9.97 Å². The summed E-state index contributed by atoms with van der Waals surface area (Å²) in [5.74, 6) is 3.06. The van der Waals surface area contributed by atoms with Crippen LogP contribution in [0.4, 0.5) is 5.82 Å². The second kappa shape index (κ2) is 7.57. The zero-order valence-corrected chi connectivity index (χ0v) is 14.6. The summed E-state index contributed by atoms with van der Waals surface area (Å²) in [7, 11) is 5.68. The van der Waals surface area contributed by atoms with Crippen LogP contribution in [0.15, 0.2) is 18.7 Å². The third-order valence-corrected chi connectivity index (χ3v) is 4.61. The van der Waals surface area contributed by atoms with Gasteiger partial charge in [0.1, 0.15) is 12.2 Å². The second-order valence-electron chi connectivity index (χ2n) is 6.35. The van der Waals surface area contributed by atoms with E-state index in [9.17, 15) is 0 Å². The maximum Gasteiger partial charge on any atom is 0.257 e. The minimum absolute atomic E-state index is 0.583. The zero-order valence-electron chi connectivity index (χ0n) is 14.6. The van der Waals surface area contributed by atoms with Gasteiger partial charge in [-0.2, -0.15) is 0 Å². The molecule has 0 bridgehead atoms. The van der Waals surface area contributed by atoms with Crippen LogP contribution in [0.25, 0.3) is 0 Å². The van der Waals surface area contributed by atoms with E-state index in [1.165, 1.54) is 12.8 Å². The first-order valence-electron chi connectivity index (χ1n) is 8.28. The topological polar surface area (TPSA) is 72.2 Å². The first-order valence-corrected chi connectivity index (χ1v) is 8.28. The molecule has 8 nitrogen and oxygen atoms in total. The molecule has 1 fully saturated rings. The van der Waals surface area contributed by atoms with Crippen molar-refractivity contribution in [1.82, 2.24) is 29.6 Å². The molecule has 3 heterocycles. The van der Waals surface area contributed by atoms with E-state index in [4.69, 9.17) is 4.74 Å². The fraction of sp³-hybridized carbons (Fsp3) is 0.625. The van der Waals surface area contributed by atoms with E-state index in [0.717, 1.165) is 37.8 Å². The van der Waals surface area contributed by atoms with E-state index < -0.39 is 0 Å². The van der Waals surface area contributed by atoms with Crippen LogP contribution in [0.1, 0.15) is 18.7 Å². The Morgan fingerprint density at radius 1 is 1.25 bits per heavy atom. The number of aryl methyl sites for hydroxylation is 1. The average Bonchev–Trinajstić information content (AvgIpc) is 3.01. The van der Waals surface area contributed by atoms with Gasteiger partial charge < -0.3 is 14.2 Å². The van der Waals surface area contributed by atoms with Crippen molar-refractivity contribution >= 4 is 5.82 Å². The van der Waals surface area contributed by atoms with Gasteiger partial charge in [0, 0.05) is 33.0 Å². The summed E-state index contributed by atoms with van der Waals surface area (Å²) in [4.78, 5) is 13.2. The van der Waals surface area contributed by atoms with Gasteiger partial charge >= 0.3 is 0 Å². The summed E-state index contributed by atoms with van der Waals surface area (Å²) >= 11 is 0. The monoisotopic (exact) mass is 331 g/mol. The Morgan fingerprint density at radius 3 is 2.67 bits per heavy atom. The van der Waals surface area contributed by atoms with Crippen molar-refractivity contribution in [3.63, 3.8) is 0 Å². The molecule has 8 heteroatoms. The fourth-order valence-corrected chi connectivity index (χ4v) is 3.17. The lowest BCUT2D eigenvalue weighted by molar-refractivity contribution is 0.174. The van der Waals surface area contributed by atoms with Crippen molar-refractivity contribution in [2.75, 3.05) is 38.7 Å². The summed E-state index contributed by atoms with van der Waals surface area (Å²) in [5, 5.41) is 8.12. The van der Waals surface area contributed by atoms with Crippen LogP contribution in [0.3, 0.4) is 0 Å². The van der Waals surface area contributed by atoms with Crippen molar-refractivity contribution in [3.8, 4) is 5.88 Å². The van der Waals surface area contributed by atoms with Crippen LogP contribution in [0.5, 0.6) is 5.88 Å². The van der Waals surface area contributed by atoms with Gasteiger partial charge in [0.15, 0.2) is 5.82 Å². The van der Waals surface area contributed by atoms with Crippen LogP contribution in [-0.4, -0.2) is 63.4 Å². The quantitative estimate of drug-likeness (QED) is 0.781. The van der Waals surface area contributed by atoms with Crippen molar-refractivity contribution in [3.05, 3.63) is 24.5 Å². The lowest BCUT2D eigenvalue weighted by atomic mass is 9.96. The lowest BCUT2D eigenvalue weighted by Gasteiger charge is -2.33. The number of hydrogen-bond donors (Lipinski definition) is 0. The minimum atomic E-state index is 0.583. The molecule has 0 aliphatic carbocycles. The molecule has 0 atom stereocenters. The SMILES string of the molecule is COc1nccnc1N(C)CC1CCN(Cc2nncn2C)CC1. The number of aromatic nitrogens is 5. The van der Waals surface area contributed by atoms with Gasteiger partial charge in [0.05, 0.1) is 13.7 Å². The minimum Gasteiger partial charge on any atom is -0.478 e. The second-order valence-corrected chi connectivity index (χ2v) is 6.35. The predicted molar refractivity (Wildman–Crippen MR) is 90.9 cm³/mol. The summed E-state index contributed by atoms with van der Waals surface area (Å²) in [6.07, 6.45) is 7.46. The highest BCUT2D eigenvalue weighted by Crippen LogP contribution is 2.25. The fourth-order valence-electron chi connectivity index (χ4n) is 3.17. The van der Waals surface area contributed by atoms with Crippen LogP contribution in [0.2, 0.25) is 0 Å². The van der Waals surface area contributed by atoms with Crippen LogP contribution >= 0.6 is 0 Å². The van der Waals surface area contributed by atoms with Gasteiger partial charge in [0.2, 0.25) is 0 Å². The predicted octanol–water partition coefficient (Wildman–Crippen LogP) is 0.962. The van der Waals surface area contributed by atoms with Crippen LogP contribution < -0.4 is 9.64 Å². The molecule has 3 rings (SSSR count). The molecule has 1 saturated heterocycles. The molecule has 1 aliphatic rings. The normalized spacial score (nSPS) is 16.3. The Hall–Kier alpha value is -2.22. The molecule has 0 aromatic carbocycles. The molecule has 2 aromatic rings. The van der Waals surface area contributed by atoms with Gasteiger partial charge in [-0.15, -0.1) is 10.2 Å². The maximum absolute atomic E-state index is 5.30. The summed E-state index contributed by atoms with van der Waals surface area (Å²) in [6.45, 7) is 4.01. The molecular formula is C16H25N7O. The van der Waals surface area contributed by atoms with E-state index in [2.05, 4.69) is 37.0 Å². The Balaban J connectivity index is 1.51. The van der Waals surface area contributed by atoms with E-state index in [0.29, 0.717) is 11.8 Å². The third-order valence-electron chi connectivity index (χ3n) is 4.61. The Kier molecular flexibility index (Phi) is 5.24. The number of likely N-dealkylation sites (tertiary alicyclic amines) is 1. The number of methoxy groups -OCH3 is 1. The Bertz CT molecular complexity index is 651. The largest absolute Gasteiger partial charge is 0.478 e. The molecule has 0 radical (unpaired) electrons. The first-order chi connectivity index (χ1) is 11.7. The molecule has 0 N–H and O–H groups in total. The number of ether oxygens (including phenoxy) is 1. The van der Waals surface area contributed by atoms with Crippen molar-refractivity contribution < 1.29 is 4.74 Å². The highest BCUT2D eigenvalue weighted by molar-refractivity contribution is 5.46. The number of rotatable bonds is 6. The van der Waals surface area contributed by atoms with Crippen molar-refractivity contribution in [2.24, 2.45) is 13.0 Å². The molecule has 2 aromatic heterocycles. The smallest absolute Gasteiger partial charge is 0.257 e. The summed E-state index contributed by atoms with van der Waals surface area (Å²) in [6, 6.07) is 0. The van der Waals surface area contributed by atoms with Crippen molar-refractivity contribution in [2.45, 2.75) is 19.4 Å². The number of hydrogen-bond acceptors (Lipinski definition) is 7. The highest BCUT2D eigenvalue weighted by Gasteiger charge is 2.23. The van der Waals surface area contributed by atoms with Crippen LogP contribution in [0, 0.1) is 5.92 Å². The molecule has 1 aliphatic heterocycles. The highest BCUT2D eigenvalue weighted by atomic mass is 16.5. The molecule has 0 unspecified atom stereocenters.